The van der Waals surface area contributed by atoms with Crippen LogP contribution < -0.4 is 16.2 Å². The molecule has 18 heavy (non-hydrogen) atoms. The van der Waals surface area contributed by atoms with Crippen LogP contribution in [0, 0.1) is 0 Å². The van der Waals surface area contributed by atoms with Crippen LogP contribution in [0.3, 0.4) is 0 Å². The Bertz CT molecular complexity index is 602. The molecule has 2 rings (SSSR count). The lowest BCUT2D eigenvalue weighted by molar-refractivity contribution is 0.483. The van der Waals surface area contributed by atoms with Gasteiger partial charge in [0, 0.05) is 12.1 Å². The molecule has 4 N–H and O–H groups in total. The Hall–Kier alpha value is -1.29. The van der Waals surface area contributed by atoms with E-state index < -0.39 is 0 Å². The maximum Gasteiger partial charge on any atom is 0.148 e. The number of nitrogens with two attached hydrogens (primary N) is 2. The normalized spacial score (nSPS) is 10.4. The number of hydrogen-bond donors (Lipinski definition) is 2. The van der Waals surface area contributed by atoms with E-state index in [-0.39, 0.29) is 0 Å². The molecule has 3 nitrogen and oxygen atoms in total. The zero-order valence-electron chi connectivity index (χ0n) is 9.08. The predicted octanol–water partition coefficient (Wildman–Crippen LogP) is 4.60. The summed E-state index contributed by atoms with van der Waals surface area (Å²) in [6, 6.07) is 7.99. The van der Waals surface area contributed by atoms with Crippen molar-refractivity contribution in [1.82, 2.24) is 0 Å². The topological polar surface area (TPSA) is 61.3 Å². The van der Waals surface area contributed by atoms with Crippen LogP contribution in [0.2, 0.25) is 15.1 Å². The highest BCUT2D eigenvalue weighted by molar-refractivity contribution is 6.42. The summed E-state index contributed by atoms with van der Waals surface area (Å²) in [5, 5.41) is 1.22. The largest absolute Gasteiger partial charge is 0.456 e. The van der Waals surface area contributed by atoms with Gasteiger partial charge in [-0.05, 0) is 18.2 Å². The molecule has 0 saturated carbocycles. The van der Waals surface area contributed by atoms with Crippen molar-refractivity contribution >= 4 is 46.2 Å². The van der Waals surface area contributed by atoms with Gasteiger partial charge in [0.25, 0.3) is 0 Å². The van der Waals surface area contributed by atoms with Gasteiger partial charge in [-0.25, -0.2) is 0 Å². The standard InChI is InChI=1S/C12H9Cl3N2O/c13-7-2-1-6(3-8(7)14)18-12-5-11(17)10(16)4-9(12)15/h1-5H,16-17H2. The van der Waals surface area contributed by atoms with Crippen molar-refractivity contribution in [3.05, 3.63) is 45.4 Å². The van der Waals surface area contributed by atoms with Crippen LogP contribution in [-0.4, -0.2) is 0 Å². The molecule has 0 aliphatic rings. The highest BCUT2D eigenvalue weighted by Gasteiger charge is 2.08. The van der Waals surface area contributed by atoms with E-state index in [0.29, 0.717) is 37.9 Å². The molecule has 94 valence electrons. The van der Waals surface area contributed by atoms with Crippen molar-refractivity contribution in [3.63, 3.8) is 0 Å². The average Bonchev–Trinajstić information content (AvgIpc) is 2.31. The minimum absolute atomic E-state index is 0.368. The van der Waals surface area contributed by atoms with E-state index in [2.05, 4.69) is 0 Å². The number of anilines is 2. The molecule has 0 saturated heterocycles. The van der Waals surface area contributed by atoms with E-state index >= 15 is 0 Å². The highest BCUT2D eigenvalue weighted by Crippen LogP contribution is 2.36. The summed E-state index contributed by atoms with van der Waals surface area (Å²) in [6.07, 6.45) is 0. The molecule has 0 heterocycles. The third-order valence-electron chi connectivity index (χ3n) is 2.26. The molecule has 0 aliphatic carbocycles. The zero-order valence-corrected chi connectivity index (χ0v) is 11.4. The first kappa shape index (κ1) is 13.1. The summed E-state index contributed by atoms with van der Waals surface area (Å²) in [6.45, 7) is 0. The summed E-state index contributed by atoms with van der Waals surface area (Å²) in [5.74, 6) is 0.914. The van der Waals surface area contributed by atoms with Crippen molar-refractivity contribution in [2.75, 3.05) is 11.5 Å². The van der Waals surface area contributed by atoms with Gasteiger partial charge in [-0.3, -0.25) is 0 Å². The minimum Gasteiger partial charge on any atom is -0.456 e. The summed E-state index contributed by atoms with van der Waals surface area (Å²) >= 11 is 17.7. The highest BCUT2D eigenvalue weighted by atomic mass is 35.5. The Morgan fingerprint density at radius 3 is 2.11 bits per heavy atom. The van der Waals surface area contributed by atoms with Gasteiger partial charge >= 0.3 is 0 Å². The van der Waals surface area contributed by atoms with Gasteiger partial charge < -0.3 is 16.2 Å². The van der Waals surface area contributed by atoms with Crippen molar-refractivity contribution in [1.29, 1.82) is 0 Å². The molecule has 0 spiro atoms. The number of rotatable bonds is 2. The molecule has 0 radical (unpaired) electrons. The van der Waals surface area contributed by atoms with E-state index in [9.17, 15) is 0 Å². The van der Waals surface area contributed by atoms with Crippen LogP contribution in [0.15, 0.2) is 30.3 Å². The van der Waals surface area contributed by atoms with E-state index in [1.165, 1.54) is 6.07 Å². The first-order valence-electron chi connectivity index (χ1n) is 4.95. The van der Waals surface area contributed by atoms with Crippen LogP contribution >= 0.6 is 34.8 Å². The first-order chi connectivity index (χ1) is 8.47. The van der Waals surface area contributed by atoms with E-state index in [1.54, 1.807) is 24.3 Å². The molecular formula is C12H9Cl3N2O. The predicted molar refractivity (Wildman–Crippen MR) is 76.8 cm³/mol. The number of nitrogen functional groups attached to an aromatic ring is 2. The molecule has 2 aromatic carbocycles. The summed E-state index contributed by atoms with van der Waals surface area (Å²) < 4.78 is 5.57. The number of benzene rings is 2. The van der Waals surface area contributed by atoms with Gasteiger partial charge in [0.05, 0.1) is 26.4 Å². The average molecular weight is 304 g/mol. The quantitative estimate of drug-likeness (QED) is 0.797. The van der Waals surface area contributed by atoms with Gasteiger partial charge in [-0.1, -0.05) is 34.8 Å². The van der Waals surface area contributed by atoms with Crippen molar-refractivity contribution < 1.29 is 4.74 Å². The van der Waals surface area contributed by atoms with Crippen LogP contribution in [0.1, 0.15) is 0 Å². The molecule has 0 bridgehead atoms. The van der Waals surface area contributed by atoms with Crippen molar-refractivity contribution in [3.8, 4) is 11.5 Å². The van der Waals surface area contributed by atoms with E-state index in [4.69, 9.17) is 51.0 Å². The van der Waals surface area contributed by atoms with E-state index in [1.807, 2.05) is 0 Å². The maximum atomic E-state index is 6.00. The lowest BCUT2D eigenvalue weighted by Crippen LogP contribution is -1.96. The van der Waals surface area contributed by atoms with Crippen LogP contribution in [0.5, 0.6) is 11.5 Å². The molecule has 0 aliphatic heterocycles. The molecule has 0 atom stereocenters. The van der Waals surface area contributed by atoms with Gasteiger partial charge in [0.15, 0.2) is 0 Å². The number of halogens is 3. The second-order valence-electron chi connectivity index (χ2n) is 3.59. The molecule has 0 fully saturated rings. The Morgan fingerprint density at radius 1 is 0.778 bits per heavy atom. The number of hydrogen-bond acceptors (Lipinski definition) is 3. The monoisotopic (exact) mass is 302 g/mol. The minimum atomic E-state index is 0.368. The lowest BCUT2D eigenvalue weighted by Gasteiger charge is -2.10. The Morgan fingerprint density at radius 2 is 1.44 bits per heavy atom. The molecule has 2 aromatic rings. The van der Waals surface area contributed by atoms with Gasteiger partial charge in [0.1, 0.15) is 11.5 Å². The fraction of sp³-hybridized carbons (Fsp3) is 0. The lowest BCUT2D eigenvalue weighted by atomic mass is 10.2. The van der Waals surface area contributed by atoms with Crippen molar-refractivity contribution in [2.24, 2.45) is 0 Å². The van der Waals surface area contributed by atoms with Crippen LogP contribution in [-0.2, 0) is 0 Å². The molecule has 0 unspecified atom stereocenters. The zero-order chi connectivity index (χ0) is 13.3. The second kappa shape index (κ2) is 5.14. The Labute approximate surface area is 119 Å². The third kappa shape index (κ3) is 2.75. The third-order valence-corrected chi connectivity index (χ3v) is 3.29. The van der Waals surface area contributed by atoms with Crippen molar-refractivity contribution in [2.45, 2.75) is 0 Å². The van der Waals surface area contributed by atoms with Crippen LogP contribution in [0.4, 0.5) is 11.4 Å². The van der Waals surface area contributed by atoms with Crippen LogP contribution in [0.25, 0.3) is 0 Å². The SMILES string of the molecule is Nc1cc(Cl)c(Oc2ccc(Cl)c(Cl)c2)cc1N. The smallest absolute Gasteiger partial charge is 0.148 e. The fourth-order valence-corrected chi connectivity index (χ4v) is 1.83. The summed E-state index contributed by atoms with van der Waals surface area (Å²) in [4.78, 5) is 0. The summed E-state index contributed by atoms with van der Waals surface area (Å²) in [5.41, 5.74) is 12.1. The molecule has 0 aromatic heterocycles. The Kier molecular flexibility index (Phi) is 3.76. The fourth-order valence-electron chi connectivity index (χ4n) is 1.33. The first-order valence-corrected chi connectivity index (χ1v) is 6.08. The second-order valence-corrected chi connectivity index (χ2v) is 4.81. The van der Waals surface area contributed by atoms with Gasteiger partial charge in [0.2, 0.25) is 0 Å². The number of ether oxygens (including phenoxy) is 1. The summed E-state index contributed by atoms with van der Waals surface area (Å²) in [7, 11) is 0. The molecular weight excluding hydrogens is 295 g/mol. The molecule has 0 amide bonds. The van der Waals surface area contributed by atoms with Gasteiger partial charge in [-0.2, -0.15) is 0 Å². The van der Waals surface area contributed by atoms with Gasteiger partial charge in [-0.15, -0.1) is 0 Å². The maximum absolute atomic E-state index is 6.00. The molecule has 6 heteroatoms. The van der Waals surface area contributed by atoms with E-state index in [0.717, 1.165) is 0 Å². The Balaban J connectivity index is 2.34.